The summed E-state index contributed by atoms with van der Waals surface area (Å²) in [7, 11) is 0. The van der Waals surface area contributed by atoms with Gasteiger partial charge in [-0.05, 0) is 62.4 Å². The second-order valence-corrected chi connectivity index (χ2v) is 7.32. The summed E-state index contributed by atoms with van der Waals surface area (Å²) in [4.78, 5) is 0. The molecule has 0 aromatic rings. The molecule has 4 bridgehead atoms. The topological polar surface area (TPSA) is 40.5 Å². The number of hydrogen-bond donors (Lipinski definition) is 2. The van der Waals surface area contributed by atoms with Crippen LogP contribution < -0.4 is 0 Å². The van der Waals surface area contributed by atoms with Crippen LogP contribution >= 0.6 is 0 Å². The standard InChI is InChI=1S/C16H22O2/c17-14-2-1-3-16(18,10-14)15-7-11-4-12(8-15)6-13(5-11)9-15/h1-3,11-13,17-18H,4-10H2. The normalized spacial score (nSPS) is 53.6. The molecule has 2 heteroatoms. The van der Waals surface area contributed by atoms with Crippen molar-refractivity contribution in [2.45, 2.75) is 50.5 Å². The zero-order chi connectivity index (χ0) is 12.4. The van der Waals surface area contributed by atoms with Crippen LogP contribution in [0.2, 0.25) is 0 Å². The van der Waals surface area contributed by atoms with Gasteiger partial charge in [0.15, 0.2) is 0 Å². The van der Waals surface area contributed by atoms with Gasteiger partial charge in [0, 0.05) is 11.8 Å². The summed E-state index contributed by atoms with van der Waals surface area (Å²) in [6.45, 7) is 0. The first-order valence-corrected chi connectivity index (χ1v) is 7.38. The Labute approximate surface area is 108 Å². The van der Waals surface area contributed by atoms with Gasteiger partial charge in [-0.1, -0.05) is 12.2 Å². The maximum absolute atomic E-state index is 11.1. The fraction of sp³-hybridized carbons (Fsp3) is 0.750. The highest BCUT2D eigenvalue weighted by Gasteiger charge is 2.59. The van der Waals surface area contributed by atoms with Gasteiger partial charge in [-0.3, -0.25) is 0 Å². The van der Waals surface area contributed by atoms with Crippen molar-refractivity contribution in [1.29, 1.82) is 0 Å². The van der Waals surface area contributed by atoms with E-state index in [-0.39, 0.29) is 5.41 Å². The summed E-state index contributed by atoms with van der Waals surface area (Å²) < 4.78 is 0. The van der Waals surface area contributed by atoms with Crippen LogP contribution in [0.1, 0.15) is 44.9 Å². The minimum absolute atomic E-state index is 0.0560. The van der Waals surface area contributed by atoms with Crippen molar-refractivity contribution in [2.75, 3.05) is 0 Å². The number of aliphatic hydroxyl groups is 2. The molecule has 0 amide bonds. The molecule has 0 aliphatic heterocycles. The van der Waals surface area contributed by atoms with Gasteiger partial charge in [0.1, 0.15) is 0 Å². The second-order valence-electron chi connectivity index (χ2n) is 7.32. The third-order valence-corrected chi connectivity index (χ3v) is 6.07. The van der Waals surface area contributed by atoms with E-state index >= 15 is 0 Å². The average Bonchev–Trinajstić information content (AvgIpc) is 2.26. The summed E-state index contributed by atoms with van der Waals surface area (Å²) in [6, 6.07) is 0. The van der Waals surface area contributed by atoms with Crippen molar-refractivity contribution >= 4 is 0 Å². The van der Waals surface area contributed by atoms with Crippen molar-refractivity contribution in [1.82, 2.24) is 0 Å². The van der Waals surface area contributed by atoms with E-state index in [4.69, 9.17) is 0 Å². The van der Waals surface area contributed by atoms with Crippen LogP contribution in [0, 0.1) is 23.2 Å². The van der Waals surface area contributed by atoms with Crippen LogP contribution in [0.25, 0.3) is 0 Å². The molecule has 0 heterocycles. The molecule has 0 spiro atoms. The van der Waals surface area contributed by atoms with Gasteiger partial charge in [-0.15, -0.1) is 0 Å². The van der Waals surface area contributed by atoms with Crippen LogP contribution in [-0.2, 0) is 0 Å². The predicted octanol–water partition coefficient (Wildman–Crippen LogP) is 3.34. The number of aliphatic hydroxyl groups excluding tert-OH is 1. The molecule has 18 heavy (non-hydrogen) atoms. The number of rotatable bonds is 1. The maximum atomic E-state index is 11.1. The van der Waals surface area contributed by atoms with E-state index in [9.17, 15) is 10.2 Å². The molecule has 4 saturated carbocycles. The molecule has 2 N–H and O–H groups in total. The van der Waals surface area contributed by atoms with Crippen molar-refractivity contribution < 1.29 is 10.2 Å². The fourth-order valence-electron chi connectivity index (χ4n) is 5.72. The summed E-state index contributed by atoms with van der Waals surface area (Å²) in [5.74, 6) is 2.85. The largest absolute Gasteiger partial charge is 0.512 e. The van der Waals surface area contributed by atoms with Crippen LogP contribution in [0.4, 0.5) is 0 Å². The van der Waals surface area contributed by atoms with Gasteiger partial charge in [0.2, 0.25) is 0 Å². The van der Waals surface area contributed by atoms with Crippen LogP contribution in [-0.4, -0.2) is 15.8 Å². The number of hydrogen-bond acceptors (Lipinski definition) is 2. The van der Waals surface area contributed by atoms with Crippen LogP contribution in [0.3, 0.4) is 0 Å². The van der Waals surface area contributed by atoms with Crippen molar-refractivity contribution in [3.8, 4) is 0 Å². The lowest BCUT2D eigenvalue weighted by Gasteiger charge is -2.62. The molecule has 1 atom stereocenters. The highest BCUT2D eigenvalue weighted by molar-refractivity contribution is 5.27. The van der Waals surface area contributed by atoms with Crippen molar-refractivity contribution in [2.24, 2.45) is 23.2 Å². The lowest BCUT2D eigenvalue weighted by atomic mass is 9.44. The van der Waals surface area contributed by atoms with Gasteiger partial charge in [0.25, 0.3) is 0 Å². The van der Waals surface area contributed by atoms with Crippen molar-refractivity contribution in [3.63, 3.8) is 0 Å². The summed E-state index contributed by atoms with van der Waals surface area (Å²) in [6.07, 6.45) is 13.6. The van der Waals surface area contributed by atoms with E-state index in [1.54, 1.807) is 6.08 Å². The van der Waals surface area contributed by atoms with E-state index in [1.807, 2.05) is 12.2 Å². The molecule has 5 aliphatic rings. The third-order valence-electron chi connectivity index (χ3n) is 6.07. The van der Waals surface area contributed by atoms with E-state index < -0.39 is 5.60 Å². The zero-order valence-electron chi connectivity index (χ0n) is 10.8. The molecule has 98 valence electrons. The molecule has 1 unspecified atom stereocenters. The van der Waals surface area contributed by atoms with Gasteiger partial charge in [-0.2, -0.15) is 0 Å². The van der Waals surface area contributed by atoms with Crippen LogP contribution in [0.5, 0.6) is 0 Å². The Morgan fingerprint density at radius 3 is 2.06 bits per heavy atom. The van der Waals surface area contributed by atoms with Gasteiger partial charge < -0.3 is 10.2 Å². The van der Waals surface area contributed by atoms with Gasteiger partial charge in [0.05, 0.1) is 11.4 Å². The predicted molar refractivity (Wildman–Crippen MR) is 70.0 cm³/mol. The molecule has 0 aromatic heterocycles. The highest BCUT2D eigenvalue weighted by atomic mass is 16.3. The van der Waals surface area contributed by atoms with E-state index in [0.29, 0.717) is 12.2 Å². The Kier molecular flexibility index (Phi) is 2.10. The van der Waals surface area contributed by atoms with E-state index in [0.717, 1.165) is 17.8 Å². The molecule has 5 aliphatic carbocycles. The summed E-state index contributed by atoms with van der Waals surface area (Å²) in [5.41, 5.74) is -0.734. The monoisotopic (exact) mass is 246 g/mol. The first-order chi connectivity index (χ1) is 8.59. The smallest absolute Gasteiger partial charge is 0.0956 e. The molecule has 2 nitrogen and oxygen atoms in total. The molecule has 0 aromatic carbocycles. The maximum Gasteiger partial charge on any atom is 0.0956 e. The van der Waals surface area contributed by atoms with E-state index in [2.05, 4.69) is 0 Å². The highest BCUT2D eigenvalue weighted by Crippen LogP contribution is 2.65. The lowest BCUT2D eigenvalue weighted by molar-refractivity contribution is -0.158. The third kappa shape index (κ3) is 1.38. The quantitative estimate of drug-likeness (QED) is 0.745. The molecule has 0 saturated heterocycles. The Morgan fingerprint density at radius 2 is 1.56 bits per heavy atom. The minimum atomic E-state index is -0.790. The Balaban J connectivity index is 1.71. The molecule has 5 rings (SSSR count). The van der Waals surface area contributed by atoms with E-state index in [1.165, 1.54) is 38.5 Å². The molecular formula is C16H22O2. The molecule has 4 fully saturated rings. The average molecular weight is 246 g/mol. The Bertz CT molecular complexity index is 399. The Hall–Kier alpha value is -0.760. The number of allylic oxidation sites excluding steroid dienone is 2. The van der Waals surface area contributed by atoms with Gasteiger partial charge in [-0.25, -0.2) is 0 Å². The van der Waals surface area contributed by atoms with Crippen molar-refractivity contribution in [3.05, 3.63) is 24.0 Å². The lowest BCUT2D eigenvalue weighted by Crippen LogP contribution is -2.58. The second kappa shape index (κ2) is 3.41. The first kappa shape index (κ1) is 11.1. The van der Waals surface area contributed by atoms with Gasteiger partial charge >= 0.3 is 0 Å². The molecular weight excluding hydrogens is 224 g/mol. The summed E-state index contributed by atoms with van der Waals surface area (Å²) in [5, 5.41) is 20.9. The van der Waals surface area contributed by atoms with Crippen LogP contribution in [0.15, 0.2) is 24.0 Å². The zero-order valence-corrected chi connectivity index (χ0v) is 10.8. The molecule has 0 radical (unpaired) electrons. The first-order valence-electron chi connectivity index (χ1n) is 7.38. The summed E-state index contributed by atoms with van der Waals surface area (Å²) >= 11 is 0. The Morgan fingerprint density at radius 1 is 1.00 bits per heavy atom. The minimum Gasteiger partial charge on any atom is -0.512 e. The fourth-order valence-corrected chi connectivity index (χ4v) is 5.72. The SMILES string of the molecule is OC1=CC=CC(O)(C23CC4CC(CC(C4)C2)C3)C1.